The number of ether oxygens (including phenoxy) is 1. The van der Waals surface area contributed by atoms with Crippen molar-refractivity contribution in [2.75, 3.05) is 33.4 Å². The van der Waals surface area contributed by atoms with Gasteiger partial charge in [-0.05, 0) is 43.5 Å². The highest BCUT2D eigenvalue weighted by atomic mass is 35.5. The summed E-state index contributed by atoms with van der Waals surface area (Å²) in [6.07, 6.45) is 3.02. The van der Waals surface area contributed by atoms with Crippen LogP contribution in [0.1, 0.15) is 18.4 Å². The summed E-state index contributed by atoms with van der Waals surface area (Å²) in [7, 11) is 1.71. The van der Waals surface area contributed by atoms with Crippen molar-refractivity contribution < 1.29 is 19.4 Å². The maximum Gasteiger partial charge on any atom is 0.408 e. The minimum atomic E-state index is -1.08. The molecule has 28 heavy (non-hydrogen) atoms. The zero-order valence-corrected chi connectivity index (χ0v) is 16.9. The fraction of sp³-hybridized carbons (Fsp3) is 0.500. The number of hydrogen-bond donors (Lipinski definition) is 3. The van der Waals surface area contributed by atoms with Crippen LogP contribution >= 0.6 is 11.6 Å². The van der Waals surface area contributed by atoms with Gasteiger partial charge in [-0.2, -0.15) is 0 Å². The summed E-state index contributed by atoms with van der Waals surface area (Å²) >= 11 is 5.98. The second-order valence-corrected chi connectivity index (χ2v) is 7.41. The summed E-state index contributed by atoms with van der Waals surface area (Å²) in [4.78, 5) is 26.5. The number of nitrogens with zero attached hydrogens (tertiary/aromatic N) is 1. The van der Waals surface area contributed by atoms with E-state index in [4.69, 9.17) is 16.3 Å². The molecular weight excluding hydrogens is 382 g/mol. The quantitative estimate of drug-likeness (QED) is 0.569. The van der Waals surface area contributed by atoms with Gasteiger partial charge in [-0.3, -0.25) is 4.79 Å². The second-order valence-electron chi connectivity index (χ2n) is 6.97. The number of amides is 2. The fourth-order valence-corrected chi connectivity index (χ4v) is 3.59. The van der Waals surface area contributed by atoms with Crippen LogP contribution < -0.4 is 10.6 Å². The molecule has 3 N–H and O–H groups in total. The molecule has 7 nitrogen and oxygen atoms in total. The Bertz CT molecular complexity index is 675. The lowest BCUT2D eigenvalue weighted by molar-refractivity contribution is -0.139. The molecule has 2 rings (SSSR count). The Morgan fingerprint density at radius 3 is 2.75 bits per heavy atom. The zero-order valence-electron chi connectivity index (χ0n) is 16.1. The van der Waals surface area contributed by atoms with E-state index in [9.17, 15) is 14.7 Å². The summed E-state index contributed by atoms with van der Waals surface area (Å²) in [5, 5.41) is 16.1. The molecule has 1 fully saturated rings. The Balaban J connectivity index is 2.16. The molecule has 1 heterocycles. The number of hydrogen-bond acceptors (Lipinski definition) is 5. The Morgan fingerprint density at radius 1 is 1.46 bits per heavy atom. The molecule has 0 saturated carbocycles. The van der Waals surface area contributed by atoms with Gasteiger partial charge in [0.1, 0.15) is 12.6 Å². The molecule has 0 bridgehead atoms. The molecule has 0 spiro atoms. The van der Waals surface area contributed by atoms with Crippen LogP contribution in [0.3, 0.4) is 0 Å². The highest BCUT2D eigenvalue weighted by Gasteiger charge is 2.41. The average Bonchev–Trinajstić information content (AvgIpc) is 2.71. The van der Waals surface area contributed by atoms with Crippen LogP contribution in [0.25, 0.3) is 0 Å². The van der Waals surface area contributed by atoms with E-state index in [1.54, 1.807) is 11.9 Å². The molecule has 1 aliphatic heterocycles. The molecule has 1 saturated heterocycles. The number of aliphatic hydroxyl groups excluding tert-OH is 1. The summed E-state index contributed by atoms with van der Waals surface area (Å²) in [6.45, 7) is 4.49. The summed E-state index contributed by atoms with van der Waals surface area (Å²) in [6, 6.07) is 6.48. The molecule has 1 aromatic carbocycles. The summed E-state index contributed by atoms with van der Waals surface area (Å²) < 4.78 is 4.86. The van der Waals surface area contributed by atoms with Gasteiger partial charge in [0.2, 0.25) is 5.91 Å². The first-order chi connectivity index (χ1) is 13.4. The summed E-state index contributed by atoms with van der Waals surface area (Å²) in [5.41, 5.74) is 0.593. The van der Waals surface area contributed by atoms with Crippen LogP contribution in [0.15, 0.2) is 36.9 Å². The molecule has 0 unspecified atom stereocenters. The van der Waals surface area contributed by atoms with Gasteiger partial charge >= 0.3 is 6.09 Å². The van der Waals surface area contributed by atoms with Gasteiger partial charge < -0.3 is 25.4 Å². The SMILES string of the molecule is C=CCOC(=O)N[C@@H](CO)C(=O)N(C)[C@@]1(Cc2ccc(Cl)cc2)CCCNC1. The van der Waals surface area contributed by atoms with E-state index in [-0.39, 0.29) is 12.5 Å². The van der Waals surface area contributed by atoms with E-state index in [1.807, 2.05) is 24.3 Å². The van der Waals surface area contributed by atoms with E-state index in [0.717, 1.165) is 24.9 Å². The van der Waals surface area contributed by atoms with Crippen LogP contribution in [0.2, 0.25) is 5.02 Å². The van der Waals surface area contributed by atoms with Crippen molar-refractivity contribution in [1.82, 2.24) is 15.5 Å². The van der Waals surface area contributed by atoms with E-state index in [0.29, 0.717) is 18.0 Å². The monoisotopic (exact) mass is 409 g/mol. The van der Waals surface area contributed by atoms with Gasteiger partial charge in [-0.1, -0.05) is 36.4 Å². The molecule has 0 aromatic heterocycles. The Labute approximate surface area is 170 Å². The highest BCUT2D eigenvalue weighted by molar-refractivity contribution is 6.30. The van der Waals surface area contributed by atoms with Crippen LogP contribution in [-0.4, -0.2) is 66.9 Å². The zero-order chi connectivity index (χ0) is 20.6. The average molecular weight is 410 g/mol. The standard InChI is InChI=1S/C20H28ClN3O4/c1-3-11-28-19(27)23-17(13-25)18(26)24(2)20(9-4-10-22-14-20)12-15-5-7-16(21)8-6-15/h3,5-8,17,22,25H,1,4,9-14H2,2H3,(H,23,27)/t17-,20+/m0/s1. The van der Waals surface area contributed by atoms with Crippen molar-refractivity contribution in [3.63, 3.8) is 0 Å². The van der Waals surface area contributed by atoms with Crippen LogP contribution in [0.4, 0.5) is 4.79 Å². The van der Waals surface area contributed by atoms with Gasteiger partial charge in [0, 0.05) is 18.6 Å². The lowest BCUT2D eigenvalue weighted by Crippen LogP contribution is -2.63. The molecule has 1 aliphatic rings. The van der Waals surface area contributed by atoms with Gasteiger partial charge in [0.15, 0.2) is 0 Å². The van der Waals surface area contributed by atoms with Gasteiger partial charge in [-0.15, -0.1) is 0 Å². The maximum atomic E-state index is 13.1. The number of piperidine rings is 1. The third kappa shape index (κ3) is 5.70. The number of alkyl carbamates (subject to hydrolysis) is 1. The lowest BCUT2D eigenvalue weighted by atomic mass is 9.82. The Hall–Kier alpha value is -2.09. The number of benzene rings is 1. The third-order valence-corrected chi connectivity index (χ3v) is 5.30. The molecule has 0 aliphatic carbocycles. The van der Waals surface area contributed by atoms with E-state index < -0.39 is 24.3 Å². The second kappa shape index (κ2) is 10.5. The normalized spacial score (nSPS) is 20.1. The molecule has 154 valence electrons. The van der Waals surface area contributed by atoms with E-state index >= 15 is 0 Å². The smallest absolute Gasteiger partial charge is 0.408 e. The number of carbonyl (C=O) groups excluding carboxylic acids is 2. The molecule has 2 atom stereocenters. The fourth-order valence-electron chi connectivity index (χ4n) is 3.46. The highest BCUT2D eigenvalue weighted by Crippen LogP contribution is 2.28. The van der Waals surface area contributed by atoms with E-state index in [2.05, 4.69) is 17.2 Å². The van der Waals surface area contributed by atoms with Gasteiger partial charge in [0.05, 0.1) is 12.1 Å². The Morgan fingerprint density at radius 2 is 2.18 bits per heavy atom. The first-order valence-electron chi connectivity index (χ1n) is 9.30. The summed E-state index contributed by atoms with van der Waals surface area (Å²) in [5.74, 6) is -0.365. The van der Waals surface area contributed by atoms with Crippen molar-refractivity contribution >= 4 is 23.6 Å². The minimum Gasteiger partial charge on any atom is -0.445 e. The maximum absolute atomic E-state index is 13.1. The van der Waals surface area contributed by atoms with Crippen molar-refractivity contribution in [1.29, 1.82) is 0 Å². The largest absolute Gasteiger partial charge is 0.445 e. The molecular formula is C20H28ClN3O4. The van der Waals surface area contributed by atoms with Gasteiger partial charge in [0.25, 0.3) is 0 Å². The van der Waals surface area contributed by atoms with Crippen LogP contribution in [0, 0.1) is 0 Å². The first-order valence-corrected chi connectivity index (χ1v) is 9.67. The van der Waals surface area contributed by atoms with Crippen molar-refractivity contribution in [3.8, 4) is 0 Å². The van der Waals surface area contributed by atoms with E-state index in [1.165, 1.54) is 6.08 Å². The molecule has 0 radical (unpaired) electrons. The molecule has 1 aromatic rings. The number of nitrogens with one attached hydrogen (secondary N) is 2. The van der Waals surface area contributed by atoms with Crippen LogP contribution in [-0.2, 0) is 16.0 Å². The molecule has 8 heteroatoms. The Kier molecular flexibility index (Phi) is 8.29. The van der Waals surface area contributed by atoms with Crippen molar-refractivity contribution in [2.24, 2.45) is 0 Å². The topological polar surface area (TPSA) is 90.9 Å². The number of aliphatic hydroxyl groups is 1. The number of carbonyl (C=O) groups is 2. The molecule has 2 amide bonds. The van der Waals surface area contributed by atoms with Gasteiger partial charge in [-0.25, -0.2) is 4.79 Å². The predicted octanol–water partition coefficient (Wildman–Crippen LogP) is 1.74. The number of rotatable bonds is 8. The first kappa shape index (κ1) is 22.2. The third-order valence-electron chi connectivity index (χ3n) is 5.04. The van der Waals surface area contributed by atoms with Crippen LogP contribution in [0.5, 0.6) is 0 Å². The number of likely N-dealkylation sites (N-methyl/N-ethyl adjacent to an activating group) is 1. The lowest BCUT2D eigenvalue weighted by Gasteiger charge is -2.46. The predicted molar refractivity (Wildman–Crippen MR) is 108 cm³/mol. The number of halogens is 1. The van der Waals surface area contributed by atoms with Crippen molar-refractivity contribution in [3.05, 3.63) is 47.5 Å². The minimum absolute atomic E-state index is 0.0262. The van der Waals surface area contributed by atoms with Crippen molar-refractivity contribution in [2.45, 2.75) is 30.8 Å².